The Morgan fingerprint density at radius 2 is 1.82 bits per heavy atom. The molecule has 0 unspecified atom stereocenters. The maximum atomic E-state index is 13.7. The molecule has 2 fully saturated rings. The molecule has 2 N–H and O–H groups in total. The Labute approximate surface area is 224 Å². The number of halogens is 2. The highest BCUT2D eigenvalue weighted by molar-refractivity contribution is 5.74. The lowest BCUT2D eigenvalue weighted by Crippen LogP contribution is -2.44. The predicted octanol–water partition coefficient (Wildman–Crippen LogP) is 4.42. The lowest BCUT2D eigenvalue weighted by molar-refractivity contribution is 0.151. The number of amides is 2. The van der Waals surface area contributed by atoms with Crippen LogP contribution in [0.2, 0.25) is 0 Å². The number of carbonyl (C=O) groups is 1. The van der Waals surface area contributed by atoms with Crippen molar-refractivity contribution in [3.05, 3.63) is 35.5 Å². The fourth-order valence-corrected chi connectivity index (χ4v) is 4.90. The van der Waals surface area contributed by atoms with Crippen LogP contribution in [0.4, 0.5) is 36.7 Å². The molecule has 1 aromatic carbocycles. The second-order valence-electron chi connectivity index (χ2n) is 10.1. The third-order valence-corrected chi connectivity index (χ3v) is 7.30. The first-order valence-corrected chi connectivity index (χ1v) is 13.6. The minimum absolute atomic E-state index is 0.0228. The zero-order valence-corrected chi connectivity index (χ0v) is 22.7. The van der Waals surface area contributed by atoms with Crippen LogP contribution in [0.1, 0.15) is 43.7 Å². The van der Waals surface area contributed by atoms with Crippen molar-refractivity contribution in [2.45, 2.75) is 39.0 Å². The average molecular weight is 531 g/mol. The van der Waals surface area contributed by atoms with E-state index in [-0.39, 0.29) is 23.4 Å². The van der Waals surface area contributed by atoms with Gasteiger partial charge in [0.2, 0.25) is 5.95 Å². The molecule has 0 aliphatic carbocycles. The summed E-state index contributed by atoms with van der Waals surface area (Å²) in [6, 6.07) is 6.30. The number of benzene rings is 1. The Morgan fingerprint density at radius 3 is 2.55 bits per heavy atom. The van der Waals surface area contributed by atoms with Gasteiger partial charge in [-0.05, 0) is 56.5 Å². The molecule has 4 rings (SSSR count). The van der Waals surface area contributed by atoms with Crippen molar-refractivity contribution in [3.63, 3.8) is 0 Å². The number of carbonyl (C=O) groups excluding carboxylic acids is 1. The van der Waals surface area contributed by atoms with Crippen LogP contribution >= 0.6 is 0 Å². The van der Waals surface area contributed by atoms with E-state index in [9.17, 15) is 13.6 Å². The number of nitrogens with zero attached hydrogens (tertiary/aromatic N) is 6. The van der Waals surface area contributed by atoms with Gasteiger partial charge in [0.25, 0.3) is 6.43 Å². The standard InChI is InChI=1S/C27H40F2N8O/c1-4-20-18-21(36-16-14-34(2)15-17-36)8-9-23(20)32-26-31-19-22(24(28)29)25(33-26)30-10-7-13-37-12-6-5-11-35(3)27(37)38/h8-9,18-19,24H,4-7,10-17H2,1-3H3,(H2,30,31,32,33). The van der Waals surface area contributed by atoms with Crippen LogP contribution in [0.15, 0.2) is 24.4 Å². The van der Waals surface area contributed by atoms with Gasteiger partial charge in [-0.1, -0.05) is 6.92 Å². The van der Waals surface area contributed by atoms with Crippen molar-refractivity contribution in [1.82, 2.24) is 24.7 Å². The Kier molecular flexibility index (Phi) is 9.54. The first-order valence-electron chi connectivity index (χ1n) is 13.6. The Morgan fingerprint density at radius 1 is 1.05 bits per heavy atom. The number of aromatic nitrogens is 2. The lowest BCUT2D eigenvalue weighted by Gasteiger charge is -2.34. The number of hydrogen-bond donors (Lipinski definition) is 2. The van der Waals surface area contributed by atoms with E-state index in [0.29, 0.717) is 19.5 Å². The number of aryl methyl sites for hydroxylation is 1. The van der Waals surface area contributed by atoms with Crippen LogP contribution in [-0.4, -0.2) is 97.2 Å². The Balaban J connectivity index is 1.41. The second-order valence-corrected chi connectivity index (χ2v) is 10.1. The molecule has 0 radical (unpaired) electrons. The van der Waals surface area contributed by atoms with Crippen molar-refractivity contribution in [3.8, 4) is 0 Å². The van der Waals surface area contributed by atoms with Crippen LogP contribution < -0.4 is 15.5 Å². The molecule has 2 aliphatic heterocycles. The molecule has 38 heavy (non-hydrogen) atoms. The number of likely N-dealkylation sites (N-methyl/N-ethyl adjacent to an activating group) is 1. The third-order valence-electron chi connectivity index (χ3n) is 7.30. The van der Waals surface area contributed by atoms with Crippen LogP contribution in [0.25, 0.3) is 0 Å². The monoisotopic (exact) mass is 530 g/mol. The highest BCUT2D eigenvalue weighted by Crippen LogP contribution is 2.29. The zero-order chi connectivity index (χ0) is 27.1. The van der Waals surface area contributed by atoms with Crippen molar-refractivity contribution < 1.29 is 13.6 Å². The fraction of sp³-hybridized carbons (Fsp3) is 0.593. The van der Waals surface area contributed by atoms with Gasteiger partial charge in [-0.25, -0.2) is 18.6 Å². The third kappa shape index (κ3) is 7.00. The van der Waals surface area contributed by atoms with Crippen molar-refractivity contribution in [2.75, 3.05) is 82.0 Å². The van der Waals surface area contributed by atoms with Crippen LogP contribution in [0.5, 0.6) is 0 Å². The summed E-state index contributed by atoms with van der Waals surface area (Å²) in [6.07, 6.45) is 1.89. The van der Waals surface area contributed by atoms with Crippen molar-refractivity contribution >= 4 is 29.2 Å². The molecule has 2 aliphatic rings. The van der Waals surface area contributed by atoms with Crippen LogP contribution in [0.3, 0.4) is 0 Å². The number of nitrogens with one attached hydrogen (secondary N) is 2. The number of piperazine rings is 1. The SMILES string of the molecule is CCc1cc(N2CCN(C)CC2)ccc1Nc1ncc(C(F)F)c(NCCCN2CCCCN(C)C2=O)n1. The van der Waals surface area contributed by atoms with Gasteiger partial charge in [0.1, 0.15) is 5.82 Å². The first kappa shape index (κ1) is 27.8. The number of rotatable bonds is 10. The molecule has 0 spiro atoms. The van der Waals surface area contributed by atoms with E-state index >= 15 is 0 Å². The largest absolute Gasteiger partial charge is 0.369 e. The van der Waals surface area contributed by atoms with Gasteiger partial charge in [-0.2, -0.15) is 4.98 Å². The van der Waals surface area contributed by atoms with Crippen molar-refractivity contribution in [1.29, 1.82) is 0 Å². The summed E-state index contributed by atoms with van der Waals surface area (Å²) in [6.45, 7) is 8.61. The van der Waals surface area contributed by atoms with Gasteiger partial charge in [0.05, 0.1) is 5.56 Å². The molecule has 3 heterocycles. The van der Waals surface area contributed by atoms with E-state index in [1.165, 1.54) is 11.9 Å². The van der Waals surface area contributed by atoms with Crippen LogP contribution in [0, 0.1) is 0 Å². The molecule has 0 bridgehead atoms. The number of anilines is 4. The number of hydrogen-bond acceptors (Lipinski definition) is 7. The minimum atomic E-state index is -2.69. The van der Waals surface area contributed by atoms with Gasteiger partial charge in [0.15, 0.2) is 0 Å². The summed E-state index contributed by atoms with van der Waals surface area (Å²) in [5, 5.41) is 6.29. The van der Waals surface area contributed by atoms with Crippen LogP contribution in [-0.2, 0) is 6.42 Å². The smallest absolute Gasteiger partial charge is 0.319 e. The molecular weight excluding hydrogens is 490 g/mol. The normalized spacial score (nSPS) is 17.2. The quantitative estimate of drug-likeness (QED) is 0.440. The Bertz CT molecular complexity index is 1080. The topological polar surface area (TPSA) is 79.9 Å². The van der Waals surface area contributed by atoms with Gasteiger partial charge in [0, 0.05) is 77.0 Å². The Hall–Kier alpha value is -3.21. The molecule has 9 nitrogen and oxygen atoms in total. The fourth-order valence-electron chi connectivity index (χ4n) is 4.90. The molecule has 11 heteroatoms. The summed E-state index contributed by atoms with van der Waals surface area (Å²) in [5.74, 6) is 0.382. The number of alkyl halides is 2. The van der Waals surface area contributed by atoms with Gasteiger partial charge in [-0.15, -0.1) is 0 Å². The molecular formula is C27H40F2N8O. The minimum Gasteiger partial charge on any atom is -0.369 e. The predicted molar refractivity (Wildman–Crippen MR) is 148 cm³/mol. The molecule has 0 saturated carbocycles. The van der Waals surface area contributed by atoms with E-state index in [4.69, 9.17) is 0 Å². The van der Waals surface area contributed by atoms with Gasteiger partial charge >= 0.3 is 6.03 Å². The molecule has 2 aromatic rings. The highest BCUT2D eigenvalue weighted by atomic mass is 19.3. The van der Waals surface area contributed by atoms with E-state index in [0.717, 1.165) is 69.8 Å². The first-order chi connectivity index (χ1) is 18.4. The summed E-state index contributed by atoms with van der Waals surface area (Å²) >= 11 is 0. The summed E-state index contributed by atoms with van der Waals surface area (Å²) < 4.78 is 27.4. The van der Waals surface area contributed by atoms with E-state index < -0.39 is 6.43 Å². The number of urea groups is 1. The molecule has 2 saturated heterocycles. The highest BCUT2D eigenvalue weighted by Gasteiger charge is 2.21. The van der Waals surface area contributed by atoms with E-state index in [1.54, 1.807) is 4.90 Å². The average Bonchev–Trinajstić information content (AvgIpc) is 3.07. The molecule has 208 valence electrons. The van der Waals surface area contributed by atoms with Gasteiger partial charge < -0.3 is 30.2 Å². The lowest BCUT2D eigenvalue weighted by atomic mass is 10.1. The molecule has 0 atom stereocenters. The zero-order valence-electron chi connectivity index (χ0n) is 22.7. The molecule has 2 amide bonds. The molecule has 1 aromatic heterocycles. The van der Waals surface area contributed by atoms with E-state index in [1.807, 2.05) is 18.0 Å². The summed E-state index contributed by atoms with van der Waals surface area (Å²) in [5.41, 5.74) is 2.93. The second kappa shape index (κ2) is 13.0. The maximum Gasteiger partial charge on any atom is 0.319 e. The summed E-state index contributed by atoms with van der Waals surface area (Å²) in [4.78, 5) is 29.3. The summed E-state index contributed by atoms with van der Waals surface area (Å²) in [7, 11) is 3.95. The van der Waals surface area contributed by atoms with E-state index in [2.05, 4.69) is 56.5 Å². The van der Waals surface area contributed by atoms with Gasteiger partial charge in [-0.3, -0.25) is 0 Å². The maximum absolute atomic E-state index is 13.7. The van der Waals surface area contributed by atoms with Crippen molar-refractivity contribution in [2.24, 2.45) is 0 Å².